The zero-order chi connectivity index (χ0) is 15.6. The van der Waals surface area contributed by atoms with Crippen LogP contribution in [0.2, 0.25) is 5.02 Å². The third-order valence-corrected chi connectivity index (χ3v) is 4.37. The Kier molecular flexibility index (Phi) is 4.24. The number of rotatable bonds is 4. The average Bonchev–Trinajstić information content (AvgIpc) is 2.43. The summed E-state index contributed by atoms with van der Waals surface area (Å²) in [5.41, 5.74) is 5.51. The fraction of sp³-hybridized carbons (Fsp3) is 0.0769. The number of benzene rings is 2. The second kappa shape index (κ2) is 5.79. The van der Waals surface area contributed by atoms with E-state index in [1.165, 1.54) is 37.4 Å². The zero-order valence-corrected chi connectivity index (χ0v) is 12.5. The van der Waals surface area contributed by atoms with Crippen LogP contribution in [0.5, 0.6) is 5.75 Å². The van der Waals surface area contributed by atoms with E-state index < -0.39 is 15.8 Å². The van der Waals surface area contributed by atoms with Crippen LogP contribution in [0, 0.1) is 5.82 Å². The largest absolute Gasteiger partial charge is 0.495 e. The first-order valence-electron chi connectivity index (χ1n) is 5.75. The van der Waals surface area contributed by atoms with Gasteiger partial charge in [-0.15, -0.1) is 0 Å². The lowest BCUT2D eigenvalue weighted by atomic mass is 10.3. The molecule has 0 unspecified atom stereocenters. The minimum Gasteiger partial charge on any atom is -0.495 e. The van der Waals surface area contributed by atoms with Crippen LogP contribution >= 0.6 is 11.6 Å². The molecule has 5 nitrogen and oxygen atoms in total. The van der Waals surface area contributed by atoms with Gasteiger partial charge in [-0.3, -0.25) is 4.72 Å². The summed E-state index contributed by atoms with van der Waals surface area (Å²) in [7, 11) is -2.60. The van der Waals surface area contributed by atoms with Gasteiger partial charge in [-0.2, -0.15) is 0 Å². The Morgan fingerprint density at radius 2 is 2.00 bits per heavy atom. The molecule has 0 atom stereocenters. The third kappa shape index (κ3) is 3.20. The Morgan fingerprint density at radius 3 is 2.57 bits per heavy atom. The van der Waals surface area contributed by atoms with Crippen molar-refractivity contribution in [2.45, 2.75) is 4.90 Å². The summed E-state index contributed by atoms with van der Waals surface area (Å²) in [6.45, 7) is 0. The van der Waals surface area contributed by atoms with Gasteiger partial charge in [-0.25, -0.2) is 12.8 Å². The van der Waals surface area contributed by atoms with Crippen molar-refractivity contribution in [2.75, 3.05) is 17.6 Å². The van der Waals surface area contributed by atoms with E-state index in [0.29, 0.717) is 5.75 Å². The van der Waals surface area contributed by atoms with E-state index in [0.717, 1.165) is 6.07 Å². The van der Waals surface area contributed by atoms with Gasteiger partial charge in [0.15, 0.2) is 0 Å². The number of para-hydroxylation sites is 1. The maximum atomic E-state index is 13.6. The fourth-order valence-electron chi connectivity index (χ4n) is 1.67. The van der Waals surface area contributed by atoms with Gasteiger partial charge in [0.2, 0.25) is 0 Å². The van der Waals surface area contributed by atoms with Gasteiger partial charge in [-0.05, 0) is 30.3 Å². The van der Waals surface area contributed by atoms with E-state index in [2.05, 4.69) is 4.72 Å². The number of hydrogen-bond acceptors (Lipinski definition) is 4. The van der Waals surface area contributed by atoms with E-state index in [-0.39, 0.29) is 21.3 Å². The number of ether oxygens (including phenoxy) is 1. The van der Waals surface area contributed by atoms with Crippen LogP contribution in [0.4, 0.5) is 15.8 Å². The topological polar surface area (TPSA) is 81.4 Å². The van der Waals surface area contributed by atoms with Crippen LogP contribution in [-0.4, -0.2) is 15.5 Å². The molecular formula is C13H12ClFN2O3S. The van der Waals surface area contributed by atoms with Gasteiger partial charge in [0.1, 0.15) is 17.3 Å². The maximum Gasteiger partial charge on any atom is 0.262 e. The van der Waals surface area contributed by atoms with E-state index in [1.54, 1.807) is 0 Å². The minimum atomic E-state index is -4.02. The number of sulfonamides is 1. The summed E-state index contributed by atoms with van der Waals surface area (Å²) in [4.78, 5) is -0.125. The highest BCUT2D eigenvalue weighted by molar-refractivity contribution is 7.92. The quantitative estimate of drug-likeness (QED) is 0.845. The van der Waals surface area contributed by atoms with Crippen LogP contribution in [0.25, 0.3) is 0 Å². The summed E-state index contributed by atoms with van der Waals surface area (Å²) >= 11 is 5.79. The van der Waals surface area contributed by atoms with Crippen molar-refractivity contribution < 1.29 is 17.5 Å². The number of nitrogens with one attached hydrogen (secondary N) is 1. The van der Waals surface area contributed by atoms with E-state index in [9.17, 15) is 12.8 Å². The Labute approximate surface area is 126 Å². The van der Waals surface area contributed by atoms with Crippen molar-refractivity contribution in [1.29, 1.82) is 0 Å². The molecule has 0 radical (unpaired) electrons. The third-order valence-electron chi connectivity index (χ3n) is 2.71. The van der Waals surface area contributed by atoms with Crippen molar-refractivity contribution in [3.05, 3.63) is 47.2 Å². The monoisotopic (exact) mass is 330 g/mol. The molecule has 0 aromatic heterocycles. The van der Waals surface area contributed by atoms with Gasteiger partial charge in [0.25, 0.3) is 10.0 Å². The lowest BCUT2D eigenvalue weighted by Crippen LogP contribution is -2.14. The molecule has 0 saturated carbocycles. The van der Waals surface area contributed by atoms with E-state index in [1.807, 2.05) is 0 Å². The molecule has 0 bridgehead atoms. The molecule has 0 saturated heterocycles. The molecule has 0 heterocycles. The molecule has 8 heteroatoms. The number of nitrogen functional groups attached to an aromatic ring is 1. The van der Waals surface area contributed by atoms with Gasteiger partial charge in [-0.1, -0.05) is 17.7 Å². The van der Waals surface area contributed by atoms with Crippen LogP contribution in [-0.2, 0) is 10.0 Å². The molecule has 0 amide bonds. The summed E-state index contributed by atoms with van der Waals surface area (Å²) in [6.07, 6.45) is 0. The van der Waals surface area contributed by atoms with Crippen molar-refractivity contribution >= 4 is 33.0 Å². The maximum absolute atomic E-state index is 13.6. The Morgan fingerprint density at radius 1 is 1.29 bits per heavy atom. The second-order valence-corrected chi connectivity index (χ2v) is 6.20. The lowest BCUT2D eigenvalue weighted by Gasteiger charge is -2.12. The van der Waals surface area contributed by atoms with Crippen molar-refractivity contribution in [3.8, 4) is 5.75 Å². The van der Waals surface area contributed by atoms with Crippen molar-refractivity contribution in [1.82, 2.24) is 0 Å². The minimum absolute atomic E-state index is 0.0416. The molecule has 3 N–H and O–H groups in total. The van der Waals surface area contributed by atoms with E-state index >= 15 is 0 Å². The second-order valence-electron chi connectivity index (χ2n) is 4.11. The molecule has 0 aliphatic heterocycles. The van der Waals surface area contributed by atoms with Gasteiger partial charge < -0.3 is 10.5 Å². The predicted octanol–water partition coefficient (Wildman–Crippen LogP) is 2.87. The molecule has 0 fully saturated rings. The molecule has 2 aromatic carbocycles. The highest BCUT2D eigenvalue weighted by Crippen LogP contribution is 2.29. The molecule has 112 valence electrons. The van der Waals surface area contributed by atoms with Gasteiger partial charge in [0.05, 0.1) is 22.7 Å². The van der Waals surface area contributed by atoms with Crippen molar-refractivity contribution in [3.63, 3.8) is 0 Å². The Balaban J connectivity index is 2.41. The first-order chi connectivity index (χ1) is 9.85. The first-order valence-corrected chi connectivity index (χ1v) is 7.61. The number of methoxy groups -OCH3 is 1. The van der Waals surface area contributed by atoms with Gasteiger partial charge in [0, 0.05) is 0 Å². The molecule has 2 rings (SSSR count). The number of nitrogens with two attached hydrogens (primary N) is 1. The fourth-order valence-corrected chi connectivity index (χ4v) is 3.06. The molecule has 2 aromatic rings. The molecule has 0 aliphatic carbocycles. The molecule has 21 heavy (non-hydrogen) atoms. The van der Waals surface area contributed by atoms with Gasteiger partial charge >= 0.3 is 0 Å². The van der Waals surface area contributed by atoms with E-state index in [4.69, 9.17) is 22.1 Å². The smallest absolute Gasteiger partial charge is 0.262 e. The van der Waals surface area contributed by atoms with Crippen LogP contribution < -0.4 is 15.2 Å². The molecule has 0 spiro atoms. The summed E-state index contributed by atoms with van der Waals surface area (Å²) in [5.74, 6) is -0.426. The Bertz CT molecular complexity index is 761. The number of anilines is 2. The predicted molar refractivity (Wildman–Crippen MR) is 79.6 cm³/mol. The Hall–Kier alpha value is -1.99. The van der Waals surface area contributed by atoms with Crippen LogP contribution in [0.15, 0.2) is 41.3 Å². The lowest BCUT2D eigenvalue weighted by molar-refractivity contribution is 0.416. The SMILES string of the molecule is COc1ccc(S(=O)(=O)Nc2c(F)cccc2Cl)cc1N. The molecule has 0 aliphatic rings. The first kappa shape index (κ1) is 15.4. The highest BCUT2D eigenvalue weighted by Gasteiger charge is 2.19. The van der Waals surface area contributed by atoms with Crippen LogP contribution in [0.1, 0.15) is 0 Å². The average molecular weight is 331 g/mol. The summed E-state index contributed by atoms with van der Waals surface area (Å²) < 4.78 is 45.1. The summed E-state index contributed by atoms with van der Waals surface area (Å²) in [6, 6.07) is 7.78. The number of hydrogen-bond donors (Lipinski definition) is 2. The van der Waals surface area contributed by atoms with Crippen molar-refractivity contribution in [2.24, 2.45) is 0 Å². The zero-order valence-electron chi connectivity index (χ0n) is 10.9. The normalized spacial score (nSPS) is 11.2. The van der Waals surface area contributed by atoms with Crippen LogP contribution in [0.3, 0.4) is 0 Å². The summed E-state index contributed by atoms with van der Waals surface area (Å²) in [5, 5.41) is -0.0416. The highest BCUT2D eigenvalue weighted by atomic mass is 35.5. The standard InChI is InChI=1S/C13H12ClFN2O3S/c1-20-12-6-5-8(7-11(12)16)21(18,19)17-13-9(14)3-2-4-10(13)15/h2-7,17H,16H2,1H3. The number of halogens is 2. The molecular weight excluding hydrogens is 319 g/mol.